The van der Waals surface area contributed by atoms with Crippen LogP contribution in [0.3, 0.4) is 0 Å². The highest BCUT2D eigenvalue weighted by Crippen LogP contribution is 2.16. The predicted octanol–water partition coefficient (Wildman–Crippen LogP) is 6.07. The smallest absolute Gasteiger partial charge is 0.306 e. The number of ketones is 1. The van der Waals surface area contributed by atoms with E-state index in [1.54, 1.807) is 5.38 Å². The number of aryl methyl sites for hydroxylation is 2. The monoisotopic (exact) mass is 492 g/mol. The number of nitrogens with one attached hydrogen (secondary N) is 1. The van der Waals surface area contributed by atoms with Gasteiger partial charge >= 0.3 is 5.97 Å². The van der Waals surface area contributed by atoms with Crippen molar-refractivity contribution in [3.05, 3.63) is 81.3 Å². The number of thiazole rings is 1. The average molecular weight is 493 g/mol. The third kappa shape index (κ3) is 8.76. The number of Topliss-reactive ketones (excluding diaryl/α,β-unsaturated/α-hetero) is 1. The second-order valence-corrected chi connectivity index (χ2v) is 9.45. The van der Waals surface area contributed by atoms with E-state index in [1.165, 1.54) is 29.7 Å². The first-order valence-electron chi connectivity index (χ1n) is 12.0. The lowest BCUT2D eigenvalue weighted by Gasteiger charge is -2.06. The van der Waals surface area contributed by atoms with Crippen molar-refractivity contribution in [3.63, 3.8) is 0 Å². The van der Waals surface area contributed by atoms with Gasteiger partial charge in [0.15, 0.2) is 5.78 Å². The number of hydrogen-bond donors (Lipinski definition) is 1. The minimum atomic E-state index is -0.443. The van der Waals surface area contributed by atoms with Crippen LogP contribution in [0, 0.1) is 6.92 Å². The molecule has 0 atom stereocenters. The molecule has 0 aliphatic heterocycles. The van der Waals surface area contributed by atoms with Crippen molar-refractivity contribution in [1.29, 1.82) is 0 Å². The topological polar surface area (TPSA) is 85.4 Å². The standard InChI is InChI=1S/C28H32N2O4S/c1-3-4-5-9-21-11-13-22(14-12-21)25(31)15-16-28(33)34-18-23-19-35-27(29-23)17-26(32)30-24-10-7-6-8-20(24)2/h6-8,10-14,19H,3-5,9,15-18H2,1-2H3,(H,30,32). The van der Waals surface area contributed by atoms with Gasteiger partial charge in [0.05, 0.1) is 18.5 Å². The summed E-state index contributed by atoms with van der Waals surface area (Å²) < 4.78 is 5.27. The van der Waals surface area contributed by atoms with Gasteiger partial charge in [-0.05, 0) is 37.0 Å². The number of nitrogens with zero attached hydrogens (tertiary/aromatic N) is 1. The lowest BCUT2D eigenvalue weighted by molar-refractivity contribution is -0.145. The lowest BCUT2D eigenvalue weighted by atomic mass is 10.0. The SMILES string of the molecule is CCCCCc1ccc(C(=O)CCC(=O)OCc2csc(CC(=O)Nc3ccccc3C)n2)cc1. The number of anilines is 1. The first kappa shape index (κ1) is 26.3. The van der Waals surface area contributed by atoms with E-state index in [-0.39, 0.29) is 37.6 Å². The summed E-state index contributed by atoms with van der Waals surface area (Å²) in [6.45, 7) is 4.13. The third-order valence-electron chi connectivity index (χ3n) is 5.61. The Labute approximate surface area is 210 Å². The molecule has 2 aromatic carbocycles. The summed E-state index contributed by atoms with van der Waals surface area (Å²) in [5.74, 6) is -0.663. The van der Waals surface area contributed by atoms with E-state index < -0.39 is 5.97 Å². The molecule has 0 fully saturated rings. The largest absolute Gasteiger partial charge is 0.459 e. The highest BCUT2D eigenvalue weighted by molar-refractivity contribution is 7.09. The van der Waals surface area contributed by atoms with Gasteiger partial charge in [0.1, 0.15) is 11.6 Å². The van der Waals surface area contributed by atoms with Crippen LogP contribution >= 0.6 is 11.3 Å². The van der Waals surface area contributed by atoms with Gasteiger partial charge in [-0.15, -0.1) is 11.3 Å². The van der Waals surface area contributed by atoms with Crippen LogP contribution in [0.5, 0.6) is 0 Å². The molecule has 0 aliphatic carbocycles. The number of unbranched alkanes of at least 4 members (excludes halogenated alkanes) is 2. The number of benzene rings is 2. The summed E-state index contributed by atoms with van der Waals surface area (Å²) in [5, 5.41) is 5.31. The van der Waals surface area contributed by atoms with E-state index in [4.69, 9.17) is 4.74 Å². The van der Waals surface area contributed by atoms with Crippen molar-refractivity contribution in [1.82, 2.24) is 4.98 Å². The van der Waals surface area contributed by atoms with E-state index in [0.29, 0.717) is 16.3 Å². The second kappa shape index (κ2) is 13.5. The fourth-order valence-electron chi connectivity index (χ4n) is 3.56. The molecule has 35 heavy (non-hydrogen) atoms. The number of ether oxygens (including phenoxy) is 1. The quantitative estimate of drug-likeness (QED) is 0.178. The van der Waals surface area contributed by atoms with Gasteiger partial charge in [0, 0.05) is 23.1 Å². The zero-order valence-corrected chi connectivity index (χ0v) is 21.2. The molecule has 7 heteroatoms. The van der Waals surface area contributed by atoms with Crippen LogP contribution in [-0.4, -0.2) is 22.6 Å². The van der Waals surface area contributed by atoms with E-state index in [1.807, 2.05) is 55.5 Å². The first-order chi connectivity index (χ1) is 16.9. The Bertz CT molecular complexity index is 1140. The van der Waals surface area contributed by atoms with Crippen molar-refractivity contribution in [2.24, 2.45) is 0 Å². The summed E-state index contributed by atoms with van der Waals surface area (Å²) >= 11 is 1.35. The second-order valence-electron chi connectivity index (χ2n) is 8.51. The van der Waals surface area contributed by atoms with Crippen molar-refractivity contribution in [2.45, 2.75) is 65.4 Å². The lowest BCUT2D eigenvalue weighted by Crippen LogP contribution is -2.15. The molecular weight excluding hydrogens is 460 g/mol. The Hall–Kier alpha value is -3.32. The molecule has 6 nitrogen and oxygen atoms in total. The number of carbonyl (C=O) groups excluding carboxylic acids is 3. The normalized spacial score (nSPS) is 10.7. The number of hydrogen-bond acceptors (Lipinski definition) is 6. The molecule has 1 N–H and O–H groups in total. The molecule has 184 valence electrons. The Morgan fingerprint density at radius 1 is 1.00 bits per heavy atom. The maximum atomic E-state index is 12.4. The van der Waals surface area contributed by atoms with Gasteiger partial charge in [-0.3, -0.25) is 14.4 Å². The van der Waals surface area contributed by atoms with Crippen molar-refractivity contribution in [2.75, 3.05) is 5.32 Å². The Morgan fingerprint density at radius 2 is 1.77 bits per heavy atom. The summed E-state index contributed by atoms with van der Waals surface area (Å²) in [6.07, 6.45) is 4.83. The Balaban J connectivity index is 1.38. The Kier molecular flexibility index (Phi) is 10.2. The summed E-state index contributed by atoms with van der Waals surface area (Å²) in [4.78, 5) is 41.2. The minimum absolute atomic E-state index is 0.0207. The molecule has 0 saturated heterocycles. The maximum absolute atomic E-state index is 12.4. The van der Waals surface area contributed by atoms with Gasteiger partial charge < -0.3 is 10.1 Å². The van der Waals surface area contributed by atoms with Gasteiger partial charge in [-0.1, -0.05) is 62.2 Å². The van der Waals surface area contributed by atoms with E-state index in [0.717, 1.165) is 24.1 Å². The predicted molar refractivity (Wildman–Crippen MR) is 139 cm³/mol. The van der Waals surface area contributed by atoms with Crippen LogP contribution in [-0.2, 0) is 33.8 Å². The number of esters is 1. The summed E-state index contributed by atoms with van der Waals surface area (Å²) in [6, 6.07) is 15.2. The van der Waals surface area contributed by atoms with Crippen molar-refractivity contribution >= 4 is 34.7 Å². The molecular formula is C28H32N2O4S. The molecule has 1 aromatic heterocycles. The van der Waals surface area contributed by atoms with Crippen LogP contribution in [0.4, 0.5) is 5.69 Å². The molecule has 0 unspecified atom stereocenters. The van der Waals surface area contributed by atoms with E-state index >= 15 is 0 Å². The summed E-state index contributed by atoms with van der Waals surface area (Å²) in [7, 11) is 0. The fourth-order valence-corrected chi connectivity index (χ4v) is 4.34. The van der Waals surface area contributed by atoms with Gasteiger partial charge in [-0.25, -0.2) is 4.98 Å². The third-order valence-corrected chi connectivity index (χ3v) is 6.51. The molecule has 0 radical (unpaired) electrons. The average Bonchev–Trinajstić information content (AvgIpc) is 3.30. The van der Waals surface area contributed by atoms with Gasteiger partial charge in [0.2, 0.25) is 5.91 Å². The summed E-state index contributed by atoms with van der Waals surface area (Å²) in [5.41, 5.74) is 4.20. The zero-order valence-electron chi connectivity index (χ0n) is 20.3. The van der Waals surface area contributed by atoms with Gasteiger partial charge in [-0.2, -0.15) is 0 Å². The molecule has 1 heterocycles. The molecule has 3 aromatic rings. The first-order valence-corrected chi connectivity index (χ1v) is 12.9. The zero-order chi connectivity index (χ0) is 25.0. The van der Waals surface area contributed by atoms with Crippen LogP contribution in [0.2, 0.25) is 0 Å². The molecule has 0 saturated carbocycles. The number of para-hydroxylation sites is 1. The van der Waals surface area contributed by atoms with Crippen LogP contribution in [0.25, 0.3) is 0 Å². The molecule has 0 bridgehead atoms. The highest BCUT2D eigenvalue weighted by atomic mass is 32.1. The fraction of sp³-hybridized carbons (Fsp3) is 0.357. The van der Waals surface area contributed by atoms with E-state index in [2.05, 4.69) is 17.2 Å². The number of carbonyl (C=O) groups is 3. The van der Waals surface area contributed by atoms with Crippen molar-refractivity contribution < 1.29 is 19.1 Å². The van der Waals surface area contributed by atoms with Gasteiger partial charge in [0.25, 0.3) is 0 Å². The number of rotatable bonds is 13. The Morgan fingerprint density at radius 3 is 2.51 bits per heavy atom. The van der Waals surface area contributed by atoms with Crippen LogP contribution < -0.4 is 5.32 Å². The van der Waals surface area contributed by atoms with Crippen LogP contribution in [0.1, 0.15) is 71.2 Å². The number of amides is 1. The van der Waals surface area contributed by atoms with Crippen molar-refractivity contribution in [3.8, 4) is 0 Å². The van der Waals surface area contributed by atoms with Crippen LogP contribution in [0.15, 0.2) is 53.9 Å². The molecule has 1 amide bonds. The molecule has 3 rings (SSSR count). The number of aromatic nitrogens is 1. The maximum Gasteiger partial charge on any atom is 0.306 e. The minimum Gasteiger partial charge on any atom is -0.459 e. The van der Waals surface area contributed by atoms with E-state index in [9.17, 15) is 14.4 Å². The molecule has 0 aliphatic rings. The highest BCUT2D eigenvalue weighted by Gasteiger charge is 2.13. The molecule has 0 spiro atoms.